The Hall–Kier alpha value is -2.24. The molecule has 116 valence electrons. The SMILES string of the molecule is COC(=O)c1ccnc2ccc(N3CCCC(F)(F)C3)cc12. The molecule has 0 radical (unpaired) electrons. The van der Waals surface area contributed by atoms with Gasteiger partial charge in [0.15, 0.2) is 0 Å². The third kappa shape index (κ3) is 2.73. The lowest BCUT2D eigenvalue weighted by molar-refractivity contribution is -0.0116. The number of fused-ring (bicyclic) bond motifs is 1. The summed E-state index contributed by atoms with van der Waals surface area (Å²) in [4.78, 5) is 17.7. The van der Waals surface area contributed by atoms with Crippen molar-refractivity contribution in [3.8, 4) is 0 Å². The van der Waals surface area contributed by atoms with E-state index in [1.807, 2.05) is 0 Å². The molecular formula is C16H16F2N2O2. The molecule has 0 saturated carbocycles. The molecule has 0 spiro atoms. The lowest BCUT2D eigenvalue weighted by Crippen LogP contribution is -2.42. The van der Waals surface area contributed by atoms with Crippen LogP contribution in [0, 0.1) is 0 Å². The summed E-state index contributed by atoms with van der Waals surface area (Å²) in [6.45, 7) is 0.279. The number of hydrogen-bond acceptors (Lipinski definition) is 4. The maximum atomic E-state index is 13.6. The van der Waals surface area contributed by atoms with Crippen LogP contribution >= 0.6 is 0 Å². The first kappa shape index (κ1) is 14.7. The van der Waals surface area contributed by atoms with Crippen molar-refractivity contribution in [2.75, 3.05) is 25.1 Å². The molecular weight excluding hydrogens is 290 g/mol. The average Bonchev–Trinajstić information content (AvgIpc) is 2.52. The van der Waals surface area contributed by atoms with E-state index in [-0.39, 0.29) is 13.0 Å². The minimum absolute atomic E-state index is 0.0773. The molecule has 2 heterocycles. The smallest absolute Gasteiger partial charge is 0.338 e. The Labute approximate surface area is 126 Å². The van der Waals surface area contributed by atoms with Gasteiger partial charge in [0.05, 0.1) is 24.7 Å². The zero-order valence-corrected chi connectivity index (χ0v) is 12.2. The van der Waals surface area contributed by atoms with Gasteiger partial charge in [-0.3, -0.25) is 4.98 Å². The third-order valence-electron chi connectivity index (χ3n) is 3.89. The predicted molar refractivity (Wildman–Crippen MR) is 79.5 cm³/mol. The number of methoxy groups -OCH3 is 1. The molecule has 1 fully saturated rings. The number of carbonyl (C=O) groups excluding carboxylic acids is 1. The Balaban J connectivity index is 2.03. The van der Waals surface area contributed by atoms with Crippen LogP contribution in [-0.2, 0) is 4.74 Å². The topological polar surface area (TPSA) is 42.4 Å². The molecule has 3 rings (SSSR count). The van der Waals surface area contributed by atoms with E-state index >= 15 is 0 Å². The molecule has 0 unspecified atom stereocenters. The summed E-state index contributed by atoms with van der Waals surface area (Å²) < 4.78 is 31.9. The standard InChI is InChI=1S/C16H16F2N2O2/c1-22-15(21)12-5-7-19-14-4-3-11(9-13(12)14)20-8-2-6-16(17,18)10-20/h3-5,7,9H,2,6,8,10H2,1H3. The van der Waals surface area contributed by atoms with Gasteiger partial charge >= 0.3 is 5.97 Å². The number of hydrogen-bond donors (Lipinski definition) is 0. The number of esters is 1. The van der Waals surface area contributed by atoms with E-state index in [2.05, 4.69) is 4.98 Å². The number of piperidine rings is 1. The monoisotopic (exact) mass is 306 g/mol. The molecule has 1 aliphatic heterocycles. The van der Waals surface area contributed by atoms with Gasteiger partial charge in [-0.1, -0.05) is 0 Å². The zero-order valence-electron chi connectivity index (χ0n) is 12.2. The Morgan fingerprint density at radius 2 is 2.18 bits per heavy atom. The van der Waals surface area contributed by atoms with E-state index in [1.165, 1.54) is 13.3 Å². The van der Waals surface area contributed by atoms with Crippen molar-refractivity contribution in [1.29, 1.82) is 0 Å². The number of carbonyl (C=O) groups is 1. The highest BCUT2D eigenvalue weighted by Crippen LogP contribution is 2.31. The molecule has 0 bridgehead atoms. The number of nitrogens with zero attached hydrogens (tertiary/aromatic N) is 2. The second kappa shape index (κ2) is 5.51. The van der Waals surface area contributed by atoms with Crippen LogP contribution in [0.3, 0.4) is 0 Å². The summed E-state index contributed by atoms with van der Waals surface area (Å²) >= 11 is 0. The molecule has 0 N–H and O–H groups in total. The second-order valence-electron chi connectivity index (χ2n) is 5.43. The van der Waals surface area contributed by atoms with Gasteiger partial charge in [-0.2, -0.15) is 0 Å². The summed E-state index contributed by atoms with van der Waals surface area (Å²) in [5, 5.41) is 0.612. The molecule has 0 amide bonds. The summed E-state index contributed by atoms with van der Waals surface area (Å²) in [5.74, 6) is -3.14. The molecule has 1 aromatic heterocycles. The molecule has 0 aliphatic carbocycles. The Kier molecular flexibility index (Phi) is 3.68. The van der Waals surface area contributed by atoms with Crippen LogP contribution in [0.5, 0.6) is 0 Å². The van der Waals surface area contributed by atoms with Crippen molar-refractivity contribution in [3.63, 3.8) is 0 Å². The highest BCUT2D eigenvalue weighted by molar-refractivity contribution is 6.04. The lowest BCUT2D eigenvalue weighted by atomic mass is 10.0. The summed E-state index contributed by atoms with van der Waals surface area (Å²) in [6, 6.07) is 6.81. The molecule has 0 atom stereocenters. The van der Waals surface area contributed by atoms with Crippen LogP contribution in [0.25, 0.3) is 10.9 Å². The van der Waals surface area contributed by atoms with E-state index < -0.39 is 11.9 Å². The number of halogens is 2. The van der Waals surface area contributed by atoms with Gasteiger partial charge in [0, 0.05) is 30.2 Å². The molecule has 6 heteroatoms. The van der Waals surface area contributed by atoms with Gasteiger partial charge in [-0.25, -0.2) is 13.6 Å². The maximum absolute atomic E-state index is 13.6. The van der Waals surface area contributed by atoms with Crippen molar-refractivity contribution in [2.45, 2.75) is 18.8 Å². The number of anilines is 1. The van der Waals surface area contributed by atoms with Gasteiger partial charge in [0.1, 0.15) is 0 Å². The van der Waals surface area contributed by atoms with E-state index in [0.717, 1.165) is 0 Å². The second-order valence-corrected chi connectivity index (χ2v) is 5.43. The van der Waals surface area contributed by atoms with Gasteiger partial charge in [0.2, 0.25) is 0 Å². The molecule has 1 aromatic carbocycles. The Bertz CT molecular complexity index is 718. The van der Waals surface area contributed by atoms with Crippen molar-refractivity contribution in [3.05, 3.63) is 36.0 Å². The number of pyridine rings is 1. The van der Waals surface area contributed by atoms with Crippen molar-refractivity contribution in [2.24, 2.45) is 0 Å². The summed E-state index contributed by atoms with van der Waals surface area (Å²) in [5.41, 5.74) is 1.69. The van der Waals surface area contributed by atoms with Crippen LogP contribution in [0.15, 0.2) is 30.5 Å². The number of benzene rings is 1. The first-order chi connectivity index (χ1) is 10.5. The first-order valence-corrected chi connectivity index (χ1v) is 7.10. The molecule has 2 aromatic rings. The minimum atomic E-state index is -2.67. The van der Waals surface area contributed by atoms with Crippen LogP contribution in [0.4, 0.5) is 14.5 Å². The predicted octanol–water partition coefficient (Wildman–Crippen LogP) is 3.26. The minimum Gasteiger partial charge on any atom is -0.465 e. The number of aromatic nitrogens is 1. The van der Waals surface area contributed by atoms with Crippen LogP contribution in [0.1, 0.15) is 23.2 Å². The van der Waals surface area contributed by atoms with E-state index in [0.29, 0.717) is 35.1 Å². The highest BCUT2D eigenvalue weighted by Gasteiger charge is 2.35. The van der Waals surface area contributed by atoms with Gasteiger partial charge in [-0.05, 0) is 30.7 Å². The lowest BCUT2D eigenvalue weighted by Gasteiger charge is -2.34. The molecule has 4 nitrogen and oxygen atoms in total. The van der Waals surface area contributed by atoms with Gasteiger partial charge in [0.25, 0.3) is 5.92 Å². The van der Waals surface area contributed by atoms with E-state index in [9.17, 15) is 13.6 Å². The number of alkyl halides is 2. The van der Waals surface area contributed by atoms with Gasteiger partial charge < -0.3 is 9.64 Å². The van der Waals surface area contributed by atoms with Gasteiger partial charge in [-0.15, -0.1) is 0 Å². The summed E-state index contributed by atoms with van der Waals surface area (Å²) in [6.07, 6.45) is 1.90. The van der Waals surface area contributed by atoms with Crippen molar-refractivity contribution < 1.29 is 18.3 Å². The average molecular weight is 306 g/mol. The molecule has 1 aliphatic rings. The van der Waals surface area contributed by atoms with Crippen LogP contribution in [-0.4, -0.2) is 37.1 Å². The van der Waals surface area contributed by atoms with Crippen molar-refractivity contribution >= 4 is 22.6 Å². The fourth-order valence-electron chi connectivity index (χ4n) is 2.81. The Morgan fingerprint density at radius 3 is 2.91 bits per heavy atom. The quantitative estimate of drug-likeness (QED) is 0.799. The van der Waals surface area contributed by atoms with Crippen LogP contribution < -0.4 is 4.90 Å². The maximum Gasteiger partial charge on any atom is 0.338 e. The van der Waals surface area contributed by atoms with E-state index in [1.54, 1.807) is 29.2 Å². The van der Waals surface area contributed by atoms with Crippen molar-refractivity contribution in [1.82, 2.24) is 4.98 Å². The van der Waals surface area contributed by atoms with Crippen LogP contribution in [0.2, 0.25) is 0 Å². The number of ether oxygens (including phenoxy) is 1. The largest absolute Gasteiger partial charge is 0.465 e. The highest BCUT2D eigenvalue weighted by atomic mass is 19.3. The molecule has 1 saturated heterocycles. The number of rotatable bonds is 2. The third-order valence-corrected chi connectivity index (χ3v) is 3.89. The normalized spacial score (nSPS) is 17.5. The first-order valence-electron chi connectivity index (χ1n) is 7.10. The summed E-state index contributed by atoms with van der Waals surface area (Å²) in [7, 11) is 1.31. The molecule has 22 heavy (non-hydrogen) atoms. The fraction of sp³-hybridized carbons (Fsp3) is 0.375. The Morgan fingerprint density at radius 1 is 1.36 bits per heavy atom. The van der Waals surface area contributed by atoms with E-state index in [4.69, 9.17) is 4.74 Å². The fourth-order valence-corrected chi connectivity index (χ4v) is 2.81. The zero-order chi connectivity index (χ0) is 15.7.